The Kier molecular flexibility index (Phi) is 11.7. The van der Waals surface area contributed by atoms with Crippen molar-refractivity contribution in [2.45, 2.75) is 73.3 Å². The molecule has 0 spiro atoms. The molecule has 3 aromatic rings. The van der Waals surface area contributed by atoms with E-state index in [1.807, 2.05) is 46.8 Å². The van der Waals surface area contributed by atoms with Crippen LogP contribution in [0.1, 0.15) is 73.7 Å². The van der Waals surface area contributed by atoms with Crippen LogP contribution in [0.15, 0.2) is 40.9 Å². The molecule has 1 unspecified atom stereocenters. The van der Waals surface area contributed by atoms with Gasteiger partial charge in [0.15, 0.2) is 0 Å². The minimum atomic E-state index is -0.554. The Morgan fingerprint density at radius 2 is 1.93 bits per heavy atom. The van der Waals surface area contributed by atoms with Crippen molar-refractivity contribution >= 4 is 35.2 Å². The first-order valence-electron chi connectivity index (χ1n) is 14.3. The summed E-state index contributed by atoms with van der Waals surface area (Å²) in [5, 5.41) is 16.6. The average molecular weight is 593 g/mol. The molecule has 1 N–H and O–H groups in total. The molecule has 1 atom stereocenters. The number of amides is 1. The first kappa shape index (κ1) is 32.8. The number of nitrogens with one attached hydrogen (secondary N) is 1. The van der Waals surface area contributed by atoms with Crippen LogP contribution in [0.25, 0.3) is 0 Å². The van der Waals surface area contributed by atoms with Gasteiger partial charge >= 0.3 is 0 Å². The van der Waals surface area contributed by atoms with Gasteiger partial charge in [-0.25, -0.2) is 0 Å². The summed E-state index contributed by atoms with van der Waals surface area (Å²) < 4.78 is 10.9. The summed E-state index contributed by atoms with van der Waals surface area (Å²) in [5.74, 6) is 0.528. The summed E-state index contributed by atoms with van der Waals surface area (Å²) in [6.07, 6.45) is 4.02. The van der Waals surface area contributed by atoms with E-state index in [-0.39, 0.29) is 17.9 Å². The third-order valence-electron chi connectivity index (χ3n) is 7.30. The van der Waals surface area contributed by atoms with E-state index < -0.39 is 6.04 Å². The van der Waals surface area contributed by atoms with Gasteiger partial charge in [-0.3, -0.25) is 4.79 Å². The number of unbranched alkanes of at least 4 members (excludes halogenated alkanes) is 2. The van der Waals surface area contributed by atoms with Crippen molar-refractivity contribution in [1.29, 1.82) is 5.26 Å². The summed E-state index contributed by atoms with van der Waals surface area (Å²) in [7, 11) is 0. The van der Waals surface area contributed by atoms with Gasteiger partial charge in [0.2, 0.25) is 5.91 Å². The van der Waals surface area contributed by atoms with Crippen LogP contribution in [0, 0.1) is 37.5 Å². The zero-order chi connectivity index (χ0) is 30.9. The van der Waals surface area contributed by atoms with E-state index in [2.05, 4.69) is 46.6 Å². The minimum Gasteiger partial charge on any atom is -0.372 e. The molecule has 2 aromatic carbocycles. The van der Waals surface area contributed by atoms with E-state index in [1.165, 1.54) is 0 Å². The SMILES string of the molecule is Cc1ccc(Cc2c(C)noc2C)cc1N(CCCCCOCC(=O)NC(C=O)C(C)(C)C)c1ccc(C#N)c(Cl)c1. The van der Waals surface area contributed by atoms with Gasteiger partial charge in [-0.1, -0.05) is 49.7 Å². The zero-order valence-corrected chi connectivity index (χ0v) is 26.2. The van der Waals surface area contributed by atoms with Gasteiger partial charge in [0.25, 0.3) is 0 Å². The molecule has 0 aliphatic heterocycles. The minimum absolute atomic E-state index is 0.0760. The number of rotatable bonds is 14. The first-order valence-corrected chi connectivity index (χ1v) is 14.6. The number of nitriles is 1. The van der Waals surface area contributed by atoms with Gasteiger partial charge in [0.05, 0.1) is 22.3 Å². The van der Waals surface area contributed by atoms with E-state index in [0.29, 0.717) is 23.6 Å². The molecule has 3 rings (SSSR count). The highest BCUT2D eigenvalue weighted by Gasteiger charge is 2.25. The van der Waals surface area contributed by atoms with Gasteiger partial charge in [0, 0.05) is 36.5 Å². The predicted molar refractivity (Wildman–Crippen MR) is 165 cm³/mol. The van der Waals surface area contributed by atoms with Gasteiger partial charge < -0.3 is 24.3 Å². The second-order valence-electron chi connectivity index (χ2n) is 11.7. The molecule has 1 aromatic heterocycles. The van der Waals surface area contributed by atoms with E-state index in [0.717, 1.165) is 71.6 Å². The van der Waals surface area contributed by atoms with Crippen molar-refractivity contribution in [2.24, 2.45) is 5.41 Å². The number of nitrogens with zero attached hydrogens (tertiary/aromatic N) is 3. The molecule has 42 heavy (non-hydrogen) atoms. The Hall–Kier alpha value is -3.67. The van der Waals surface area contributed by atoms with Crippen LogP contribution in [0.4, 0.5) is 11.4 Å². The first-order chi connectivity index (χ1) is 19.9. The molecule has 0 bridgehead atoms. The van der Waals surface area contributed by atoms with Gasteiger partial charge in [-0.15, -0.1) is 0 Å². The van der Waals surface area contributed by atoms with Gasteiger partial charge in [-0.2, -0.15) is 5.26 Å². The van der Waals surface area contributed by atoms with Crippen molar-refractivity contribution in [1.82, 2.24) is 10.5 Å². The summed E-state index contributed by atoms with van der Waals surface area (Å²) in [6.45, 7) is 12.8. The van der Waals surface area contributed by atoms with Gasteiger partial charge in [0.1, 0.15) is 24.7 Å². The van der Waals surface area contributed by atoms with Crippen LogP contribution in [0.5, 0.6) is 0 Å². The maximum Gasteiger partial charge on any atom is 0.246 e. The van der Waals surface area contributed by atoms with Crippen LogP contribution < -0.4 is 10.2 Å². The molecule has 9 heteroatoms. The van der Waals surface area contributed by atoms with Crippen molar-refractivity contribution in [2.75, 3.05) is 24.7 Å². The quantitative estimate of drug-likeness (QED) is 0.162. The molecule has 0 aliphatic rings. The number of halogens is 1. The lowest BCUT2D eigenvalue weighted by atomic mass is 9.88. The van der Waals surface area contributed by atoms with Crippen LogP contribution in [0.2, 0.25) is 5.02 Å². The molecule has 0 saturated carbocycles. The number of benzene rings is 2. The molecule has 1 heterocycles. The number of ether oxygens (including phenoxy) is 1. The Bertz CT molecular complexity index is 1400. The summed E-state index contributed by atoms with van der Waals surface area (Å²) in [6, 6.07) is 13.5. The lowest BCUT2D eigenvalue weighted by molar-refractivity contribution is -0.129. The Balaban J connectivity index is 1.66. The summed E-state index contributed by atoms with van der Waals surface area (Å²) in [4.78, 5) is 25.7. The normalized spacial score (nSPS) is 12.0. The van der Waals surface area contributed by atoms with Crippen molar-refractivity contribution in [3.8, 4) is 6.07 Å². The van der Waals surface area contributed by atoms with Crippen molar-refractivity contribution < 1.29 is 18.8 Å². The second-order valence-corrected chi connectivity index (χ2v) is 12.1. The molecule has 1 amide bonds. The summed E-state index contributed by atoms with van der Waals surface area (Å²) in [5.41, 5.74) is 6.31. The monoisotopic (exact) mass is 592 g/mol. The number of aromatic nitrogens is 1. The molecular weight excluding hydrogens is 552 g/mol. The third kappa shape index (κ3) is 8.91. The highest BCUT2D eigenvalue weighted by Crippen LogP contribution is 2.33. The van der Waals surface area contributed by atoms with Crippen LogP contribution in [0.3, 0.4) is 0 Å². The van der Waals surface area contributed by atoms with Crippen molar-refractivity contribution in [3.63, 3.8) is 0 Å². The third-order valence-corrected chi connectivity index (χ3v) is 7.61. The molecule has 0 saturated heterocycles. The fourth-order valence-corrected chi connectivity index (χ4v) is 4.87. The highest BCUT2D eigenvalue weighted by atomic mass is 35.5. The Morgan fingerprint density at radius 3 is 2.55 bits per heavy atom. The van der Waals surface area contributed by atoms with Crippen LogP contribution in [-0.2, 0) is 20.7 Å². The molecule has 0 radical (unpaired) electrons. The second kappa shape index (κ2) is 15.0. The topological polar surface area (TPSA) is 108 Å². The van der Waals surface area contributed by atoms with E-state index in [4.69, 9.17) is 20.9 Å². The van der Waals surface area contributed by atoms with Crippen LogP contribution in [-0.4, -0.2) is 43.2 Å². The number of carbonyl (C=O) groups excluding carboxylic acids is 2. The largest absolute Gasteiger partial charge is 0.372 e. The summed E-state index contributed by atoms with van der Waals surface area (Å²) >= 11 is 6.44. The Labute approximate surface area is 254 Å². The smallest absolute Gasteiger partial charge is 0.246 e. The highest BCUT2D eigenvalue weighted by molar-refractivity contribution is 6.32. The van der Waals surface area contributed by atoms with Crippen molar-refractivity contribution in [3.05, 3.63) is 75.1 Å². The van der Waals surface area contributed by atoms with Gasteiger partial charge in [-0.05, 0) is 80.8 Å². The molecule has 224 valence electrons. The number of hydrogen-bond donors (Lipinski definition) is 1. The molecule has 0 aliphatic carbocycles. The lowest BCUT2D eigenvalue weighted by Crippen LogP contribution is -2.46. The Morgan fingerprint density at radius 1 is 1.17 bits per heavy atom. The zero-order valence-electron chi connectivity index (χ0n) is 25.4. The van der Waals surface area contributed by atoms with E-state index in [9.17, 15) is 14.9 Å². The van der Waals surface area contributed by atoms with Crippen LogP contribution >= 0.6 is 11.6 Å². The molecule has 0 fully saturated rings. The standard InChI is InChI=1S/C33H41ClN4O4/c1-22-10-11-25(16-28-23(2)37-42-24(28)3)17-30(22)38(27-13-12-26(19-35)29(34)18-27)14-8-7-9-15-41-21-32(40)36-31(20-39)33(4,5)6/h10-13,17-18,20,31H,7-9,14-16,21H2,1-6H3,(H,36,40). The fourth-order valence-electron chi connectivity index (χ4n) is 4.65. The average Bonchev–Trinajstić information content (AvgIpc) is 3.26. The fraction of sp³-hybridized carbons (Fsp3) is 0.455. The molecule has 8 nitrogen and oxygen atoms in total. The predicted octanol–water partition coefficient (Wildman–Crippen LogP) is 6.77. The van der Waals surface area contributed by atoms with E-state index >= 15 is 0 Å². The number of aldehydes is 1. The maximum atomic E-state index is 12.2. The number of carbonyl (C=O) groups is 2. The lowest BCUT2D eigenvalue weighted by Gasteiger charge is -2.28. The number of hydrogen-bond acceptors (Lipinski definition) is 7. The maximum absolute atomic E-state index is 12.2. The number of aryl methyl sites for hydroxylation is 3. The number of anilines is 2. The molecular formula is C33H41ClN4O4. The van der Waals surface area contributed by atoms with E-state index in [1.54, 1.807) is 6.07 Å².